The molecule has 214 valence electrons. The Hall–Kier alpha value is -1.85. The van der Waals surface area contributed by atoms with Gasteiger partial charge < -0.3 is 10.1 Å². The Morgan fingerprint density at radius 2 is 2.00 bits per heavy atom. The summed E-state index contributed by atoms with van der Waals surface area (Å²) in [5.74, 6) is 0.603. The first-order valence-corrected chi connectivity index (χ1v) is 15.7. The van der Waals surface area contributed by atoms with Crippen LogP contribution in [0.15, 0.2) is 18.5 Å². The molecule has 9 nitrogen and oxygen atoms in total. The van der Waals surface area contributed by atoms with Crippen LogP contribution in [0.2, 0.25) is 10.2 Å². The molecule has 0 saturated carbocycles. The highest BCUT2D eigenvalue weighted by molar-refractivity contribution is 7.89. The van der Waals surface area contributed by atoms with Crippen molar-refractivity contribution in [3.63, 3.8) is 0 Å². The predicted octanol–water partition coefficient (Wildman–Crippen LogP) is 5.02. The van der Waals surface area contributed by atoms with E-state index in [0.29, 0.717) is 53.1 Å². The second-order valence-corrected chi connectivity index (χ2v) is 14.6. The van der Waals surface area contributed by atoms with Crippen LogP contribution in [-0.4, -0.2) is 70.6 Å². The van der Waals surface area contributed by atoms with Crippen molar-refractivity contribution >= 4 is 44.8 Å². The van der Waals surface area contributed by atoms with E-state index in [4.69, 9.17) is 27.9 Å². The average Bonchev–Trinajstić information content (AvgIpc) is 2.89. The number of nitrogens with one attached hydrogen (secondary N) is 1. The van der Waals surface area contributed by atoms with Gasteiger partial charge in [-0.25, -0.2) is 22.7 Å². The number of halogens is 2. The van der Waals surface area contributed by atoms with Crippen LogP contribution >= 0.6 is 23.2 Å². The molecule has 4 heterocycles. The van der Waals surface area contributed by atoms with E-state index in [-0.39, 0.29) is 35.4 Å². The smallest absolute Gasteiger partial charge is 0.216 e. The van der Waals surface area contributed by atoms with Gasteiger partial charge in [-0.3, -0.25) is 9.78 Å². The van der Waals surface area contributed by atoms with Gasteiger partial charge >= 0.3 is 0 Å². The molecule has 0 aliphatic carbocycles. The van der Waals surface area contributed by atoms with Crippen LogP contribution in [-0.2, 0) is 26.0 Å². The van der Waals surface area contributed by atoms with Gasteiger partial charge in [0.15, 0.2) is 5.15 Å². The number of hydrogen-bond donors (Lipinski definition) is 1. The lowest BCUT2D eigenvalue weighted by Gasteiger charge is -2.35. The van der Waals surface area contributed by atoms with E-state index in [9.17, 15) is 13.2 Å². The number of ether oxygens (including phenoxy) is 1. The summed E-state index contributed by atoms with van der Waals surface area (Å²) in [5.41, 5.74) is 1.32. The lowest BCUT2D eigenvalue weighted by molar-refractivity contribution is -0.123. The average molecular weight is 599 g/mol. The van der Waals surface area contributed by atoms with Gasteiger partial charge in [-0.2, -0.15) is 0 Å². The molecule has 2 aliphatic rings. The molecule has 39 heavy (non-hydrogen) atoms. The zero-order valence-corrected chi connectivity index (χ0v) is 25.2. The maximum Gasteiger partial charge on any atom is 0.216 e. The number of carbonyl (C=O) groups excluding carboxylic acids is 1. The highest BCUT2D eigenvalue weighted by Gasteiger charge is 2.34. The predicted molar refractivity (Wildman–Crippen MR) is 154 cm³/mol. The van der Waals surface area contributed by atoms with Crippen molar-refractivity contribution in [1.82, 2.24) is 19.3 Å². The monoisotopic (exact) mass is 597 g/mol. The number of carbonyl (C=O) groups is 1. The third-order valence-electron chi connectivity index (χ3n) is 7.42. The number of Topliss-reactive ketones (excluding diaryl/α,β-unsaturated/α-hetero) is 1. The Kier molecular flexibility index (Phi) is 9.53. The van der Waals surface area contributed by atoms with E-state index in [1.807, 2.05) is 0 Å². The number of nitrogens with zero attached hydrogens (tertiary/aromatic N) is 4. The molecule has 0 radical (unpaired) electrons. The standard InChI is InChI=1S/C27H37Cl2N5O4S/c1-17(2)39(36,37)34-8-5-6-19(16-34)23(35)11-20-10-21(22(28)14-30-20)25-26(29)32-15-24(33-25)31-13-18-7-9-38-27(3,4)12-18/h10,14-15,17-19H,5-9,11-13,16H2,1-4H3,(H,31,33)/t18-,19+/m1/s1. The van der Waals surface area contributed by atoms with Crippen molar-refractivity contribution < 1.29 is 17.9 Å². The largest absolute Gasteiger partial charge is 0.376 e. The number of aromatic nitrogens is 3. The van der Waals surface area contributed by atoms with E-state index < -0.39 is 15.3 Å². The van der Waals surface area contributed by atoms with Gasteiger partial charge in [-0.15, -0.1) is 0 Å². The molecule has 2 saturated heterocycles. The van der Waals surface area contributed by atoms with Gasteiger partial charge in [0.2, 0.25) is 10.0 Å². The van der Waals surface area contributed by atoms with Gasteiger partial charge in [0.05, 0.1) is 22.1 Å². The Morgan fingerprint density at radius 3 is 2.72 bits per heavy atom. The fourth-order valence-electron chi connectivity index (χ4n) is 5.23. The molecule has 2 fully saturated rings. The topological polar surface area (TPSA) is 114 Å². The summed E-state index contributed by atoms with van der Waals surface area (Å²) in [4.78, 5) is 26.5. The minimum atomic E-state index is -3.41. The first kappa shape index (κ1) is 30.1. The molecule has 4 rings (SSSR count). The van der Waals surface area contributed by atoms with Crippen molar-refractivity contribution in [2.45, 2.75) is 70.7 Å². The summed E-state index contributed by atoms with van der Waals surface area (Å²) < 4.78 is 32.5. The fraction of sp³-hybridized carbons (Fsp3) is 0.630. The van der Waals surface area contributed by atoms with Crippen LogP contribution in [0.1, 0.15) is 59.1 Å². The first-order valence-electron chi connectivity index (χ1n) is 13.4. The van der Waals surface area contributed by atoms with Crippen LogP contribution in [0, 0.1) is 11.8 Å². The number of hydrogen-bond acceptors (Lipinski definition) is 8. The summed E-state index contributed by atoms with van der Waals surface area (Å²) >= 11 is 12.9. The molecule has 2 atom stereocenters. The molecule has 0 amide bonds. The quantitative estimate of drug-likeness (QED) is 0.428. The minimum Gasteiger partial charge on any atom is -0.376 e. The Balaban J connectivity index is 1.47. The molecule has 0 unspecified atom stereocenters. The van der Waals surface area contributed by atoms with Crippen molar-refractivity contribution in [3.8, 4) is 11.3 Å². The third kappa shape index (κ3) is 7.47. The lowest BCUT2D eigenvalue weighted by Crippen LogP contribution is -2.45. The number of rotatable bonds is 9. The summed E-state index contributed by atoms with van der Waals surface area (Å²) in [6.07, 6.45) is 6.36. The Bertz CT molecular complexity index is 1310. The lowest BCUT2D eigenvalue weighted by atomic mass is 9.88. The number of pyridine rings is 1. The number of piperidine rings is 1. The van der Waals surface area contributed by atoms with E-state index in [0.717, 1.165) is 26.0 Å². The van der Waals surface area contributed by atoms with E-state index in [1.54, 1.807) is 26.1 Å². The summed E-state index contributed by atoms with van der Waals surface area (Å²) in [7, 11) is -3.41. The van der Waals surface area contributed by atoms with Crippen molar-refractivity contribution in [3.05, 3.63) is 34.3 Å². The zero-order chi connectivity index (χ0) is 28.4. The van der Waals surface area contributed by atoms with Gasteiger partial charge in [0, 0.05) is 56.0 Å². The van der Waals surface area contributed by atoms with E-state index in [1.165, 1.54) is 10.5 Å². The third-order valence-corrected chi connectivity index (χ3v) is 10.2. The highest BCUT2D eigenvalue weighted by atomic mass is 35.5. The van der Waals surface area contributed by atoms with Gasteiger partial charge in [0.25, 0.3) is 0 Å². The van der Waals surface area contributed by atoms with Crippen molar-refractivity contribution in [2.75, 3.05) is 31.6 Å². The molecule has 0 bridgehead atoms. The molecule has 0 spiro atoms. The SMILES string of the molecule is CC(C)S(=O)(=O)N1CCC[C@H](C(=O)Cc2cc(-c3nc(NC[C@@H]4CCOC(C)(C)C4)cnc3Cl)c(Cl)cn2)C1. The molecule has 0 aromatic carbocycles. The second-order valence-electron chi connectivity index (χ2n) is 11.3. The van der Waals surface area contributed by atoms with Crippen LogP contribution in [0.25, 0.3) is 11.3 Å². The van der Waals surface area contributed by atoms with Crippen LogP contribution in [0.5, 0.6) is 0 Å². The van der Waals surface area contributed by atoms with Crippen LogP contribution in [0.3, 0.4) is 0 Å². The number of sulfonamides is 1. The second kappa shape index (κ2) is 12.3. The minimum absolute atomic E-state index is 0.0496. The van der Waals surface area contributed by atoms with Crippen LogP contribution in [0.4, 0.5) is 5.82 Å². The fourth-order valence-corrected chi connectivity index (χ4v) is 6.98. The Labute approximate surface area is 241 Å². The Morgan fingerprint density at radius 1 is 1.23 bits per heavy atom. The van der Waals surface area contributed by atoms with Crippen LogP contribution < -0.4 is 5.32 Å². The normalized spacial score (nSPS) is 22.1. The first-order chi connectivity index (χ1) is 18.4. The van der Waals surface area contributed by atoms with E-state index in [2.05, 4.69) is 34.1 Å². The molecular formula is C27H37Cl2N5O4S. The molecule has 2 aromatic rings. The summed E-state index contributed by atoms with van der Waals surface area (Å²) in [5, 5.41) is 3.39. The number of ketones is 1. The van der Waals surface area contributed by atoms with Gasteiger partial charge in [-0.05, 0) is 65.4 Å². The van der Waals surface area contributed by atoms with Crippen molar-refractivity contribution in [1.29, 1.82) is 0 Å². The van der Waals surface area contributed by atoms with Gasteiger partial charge in [-0.1, -0.05) is 23.2 Å². The molecule has 2 aromatic heterocycles. The van der Waals surface area contributed by atoms with E-state index >= 15 is 0 Å². The zero-order valence-electron chi connectivity index (χ0n) is 22.9. The summed E-state index contributed by atoms with van der Waals surface area (Å²) in [6, 6.07) is 1.71. The molecular weight excluding hydrogens is 561 g/mol. The highest BCUT2D eigenvalue weighted by Crippen LogP contribution is 2.33. The molecule has 2 aliphatic heterocycles. The molecule has 1 N–H and O–H groups in total. The molecule has 12 heteroatoms. The van der Waals surface area contributed by atoms with Crippen molar-refractivity contribution in [2.24, 2.45) is 11.8 Å². The maximum atomic E-state index is 13.2. The summed E-state index contributed by atoms with van der Waals surface area (Å²) in [6.45, 7) is 9.63. The number of anilines is 1. The van der Waals surface area contributed by atoms with Gasteiger partial charge in [0.1, 0.15) is 17.3 Å². The maximum absolute atomic E-state index is 13.2.